The largest absolute Gasteiger partial charge is 0.453 e. The molecule has 0 saturated heterocycles. The van der Waals surface area contributed by atoms with Crippen LogP contribution in [0.5, 0.6) is 0 Å². The van der Waals surface area contributed by atoms with Gasteiger partial charge in [0.15, 0.2) is 11.4 Å². The lowest BCUT2D eigenvalue weighted by molar-refractivity contribution is 0.672. The van der Waals surface area contributed by atoms with Gasteiger partial charge in [0, 0.05) is 43.9 Å². The highest BCUT2D eigenvalue weighted by Gasteiger charge is 2.22. The van der Waals surface area contributed by atoms with Crippen molar-refractivity contribution in [3.63, 3.8) is 0 Å². The Hall–Kier alpha value is -7.56. The van der Waals surface area contributed by atoms with E-state index in [1.807, 2.05) is 6.07 Å². The van der Waals surface area contributed by atoms with Gasteiger partial charge in [-0.2, -0.15) is 0 Å². The van der Waals surface area contributed by atoms with E-state index in [1.54, 1.807) is 0 Å². The summed E-state index contributed by atoms with van der Waals surface area (Å²) in [6, 6.07) is 66.5. The van der Waals surface area contributed by atoms with Crippen LogP contribution in [0.25, 0.3) is 116 Å². The summed E-state index contributed by atoms with van der Waals surface area (Å²) < 4.78 is 9.43. The Bertz CT molecular complexity index is 3490. The van der Waals surface area contributed by atoms with Gasteiger partial charge in [0.2, 0.25) is 0 Å². The molecule has 0 radical (unpaired) electrons. The van der Waals surface area contributed by atoms with Crippen LogP contribution in [-0.2, 0) is 0 Å². The molecule has 3 heterocycles. The minimum absolute atomic E-state index is 0.667. The van der Waals surface area contributed by atoms with Gasteiger partial charge in [-0.05, 0) is 74.8 Å². The first-order valence-corrected chi connectivity index (χ1v) is 19.0. The predicted molar refractivity (Wildman–Crippen MR) is 232 cm³/mol. The molecule has 56 heavy (non-hydrogen) atoms. The lowest BCUT2D eigenvalue weighted by atomic mass is 9.93. The van der Waals surface area contributed by atoms with Crippen LogP contribution in [-0.4, -0.2) is 14.5 Å². The topological polar surface area (TPSA) is 43.9 Å². The van der Waals surface area contributed by atoms with Gasteiger partial charge in [0.25, 0.3) is 0 Å². The van der Waals surface area contributed by atoms with Crippen molar-refractivity contribution in [3.05, 3.63) is 188 Å². The summed E-state index contributed by atoms with van der Waals surface area (Å²) >= 11 is 0. The smallest absolute Gasteiger partial charge is 0.160 e. The van der Waals surface area contributed by atoms with Crippen molar-refractivity contribution in [2.75, 3.05) is 0 Å². The maximum Gasteiger partial charge on any atom is 0.160 e. The average molecular weight is 714 g/mol. The maximum absolute atomic E-state index is 7.10. The van der Waals surface area contributed by atoms with Crippen molar-refractivity contribution in [3.8, 4) is 39.6 Å². The van der Waals surface area contributed by atoms with Crippen molar-refractivity contribution >= 4 is 76.1 Å². The summed E-state index contributed by atoms with van der Waals surface area (Å²) in [7, 11) is 0. The predicted octanol–water partition coefficient (Wildman–Crippen LogP) is 13.9. The van der Waals surface area contributed by atoms with Gasteiger partial charge >= 0.3 is 0 Å². The summed E-state index contributed by atoms with van der Waals surface area (Å²) in [5.74, 6) is 0.667. The minimum Gasteiger partial charge on any atom is -0.453 e. The van der Waals surface area contributed by atoms with E-state index < -0.39 is 0 Å². The second-order valence-corrected chi connectivity index (χ2v) is 14.5. The van der Waals surface area contributed by atoms with Gasteiger partial charge in [-0.25, -0.2) is 9.97 Å². The van der Waals surface area contributed by atoms with E-state index in [9.17, 15) is 0 Å². The minimum atomic E-state index is 0.667. The zero-order chi connectivity index (χ0) is 36.7. The van der Waals surface area contributed by atoms with Gasteiger partial charge in [0.1, 0.15) is 5.58 Å². The zero-order valence-electron chi connectivity index (χ0n) is 30.1. The number of benzene rings is 9. The van der Waals surface area contributed by atoms with E-state index >= 15 is 0 Å². The lowest BCUT2D eigenvalue weighted by Crippen LogP contribution is -1.96. The molecule has 12 aromatic rings. The first-order chi connectivity index (χ1) is 27.8. The van der Waals surface area contributed by atoms with Crippen LogP contribution in [0.1, 0.15) is 0 Å². The Balaban J connectivity index is 1.12. The van der Waals surface area contributed by atoms with E-state index in [-0.39, 0.29) is 0 Å². The maximum atomic E-state index is 7.10. The highest BCUT2D eigenvalue weighted by molar-refractivity contribution is 6.26. The molecule has 0 aliphatic rings. The van der Waals surface area contributed by atoms with Crippen LogP contribution in [0.2, 0.25) is 0 Å². The van der Waals surface area contributed by atoms with Crippen molar-refractivity contribution in [2.24, 2.45) is 0 Å². The van der Waals surface area contributed by atoms with E-state index in [4.69, 9.17) is 14.4 Å². The van der Waals surface area contributed by atoms with Gasteiger partial charge in [-0.3, -0.25) is 0 Å². The number of para-hydroxylation sites is 3. The summed E-state index contributed by atoms with van der Waals surface area (Å²) in [4.78, 5) is 10.6. The quantitative estimate of drug-likeness (QED) is 0.171. The molecule has 0 N–H and O–H groups in total. The number of hydrogen-bond acceptors (Lipinski definition) is 3. The Morgan fingerprint density at radius 1 is 0.357 bits per heavy atom. The molecule has 0 aliphatic heterocycles. The second-order valence-electron chi connectivity index (χ2n) is 14.5. The molecule has 4 nitrogen and oxygen atoms in total. The molecule has 3 aromatic heterocycles. The molecule has 0 aliphatic carbocycles. The van der Waals surface area contributed by atoms with Crippen molar-refractivity contribution in [2.45, 2.75) is 0 Å². The fraction of sp³-hybridized carbons (Fsp3) is 0. The van der Waals surface area contributed by atoms with Crippen LogP contribution in [0.3, 0.4) is 0 Å². The molecule has 260 valence electrons. The lowest BCUT2D eigenvalue weighted by Gasteiger charge is -2.13. The van der Waals surface area contributed by atoms with E-state index in [1.165, 1.54) is 37.7 Å². The number of hydrogen-bond donors (Lipinski definition) is 0. The molecule has 12 rings (SSSR count). The first-order valence-electron chi connectivity index (χ1n) is 19.0. The Kier molecular flexibility index (Phi) is 6.60. The average Bonchev–Trinajstić information content (AvgIpc) is 3.83. The second kappa shape index (κ2) is 12.0. The highest BCUT2D eigenvalue weighted by atomic mass is 16.3. The summed E-state index contributed by atoms with van der Waals surface area (Å²) in [6.45, 7) is 0. The molecular formula is C52H31N3O. The zero-order valence-corrected chi connectivity index (χ0v) is 30.1. The van der Waals surface area contributed by atoms with Crippen molar-refractivity contribution in [1.29, 1.82) is 0 Å². The number of aromatic nitrogens is 3. The Morgan fingerprint density at radius 2 is 0.911 bits per heavy atom. The van der Waals surface area contributed by atoms with E-state index in [2.05, 4.69) is 187 Å². The number of rotatable bonds is 4. The molecule has 0 bridgehead atoms. The third kappa shape index (κ3) is 4.53. The monoisotopic (exact) mass is 713 g/mol. The molecular weight excluding hydrogens is 683 g/mol. The fourth-order valence-corrected chi connectivity index (χ4v) is 8.87. The third-order valence-electron chi connectivity index (χ3n) is 11.4. The third-order valence-corrected chi connectivity index (χ3v) is 11.4. The van der Waals surface area contributed by atoms with Crippen molar-refractivity contribution < 1.29 is 4.42 Å². The molecule has 0 unspecified atom stereocenters. The molecule has 0 fully saturated rings. The van der Waals surface area contributed by atoms with Crippen LogP contribution in [0.4, 0.5) is 0 Å². The summed E-state index contributed by atoms with van der Waals surface area (Å²) in [5.41, 5.74) is 9.53. The van der Waals surface area contributed by atoms with Crippen LogP contribution in [0.15, 0.2) is 192 Å². The number of nitrogens with zero attached hydrogens (tertiary/aromatic N) is 3. The van der Waals surface area contributed by atoms with Gasteiger partial charge in [-0.1, -0.05) is 146 Å². The van der Waals surface area contributed by atoms with E-state index in [0.717, 1.165) is 72.1 Å². The molecule has 0 saturated carbocycles. The van der Waals surface area contributed by atoms with Crippen LogP contribution < -0.4 is 0 Å². The number of furan rings is 1. The van der Waals surface area contributed by atoms with Gasteiger partial charge in [0.05, 0.1) is 22.4 Å². The van der Waals surface area contributed by atoms with Crippen LogP contribution in [0, 0.1) is 0 Å². The normalized spacial score (nSPS) is 11.9. The standard InChI is InChI=1S/C52H31N3O/c1-3-14-32(15-4-1)46-31-47(54-52(53-46)33-26-27-39-37-20-8-7-18-35(37)36-19-9-10-21-38(36)45(39)30-33)44-24-13-23-42-43-29-28-41-40-22-11-12-25-48(40)55(34-16-5-2-6-17-34)49(41)51(43)56-50(42)44/h1-31H. The SMILES string of the molecule is c1ccc(-c2cc(-c3cccc4c3oc3c4ccc4c5ccccc5n(-c5ccccc5)c43)nc(-c3ccc4c5ccccc5c5ccccc5c4c3)n2)cc1. The van der Waals surface area contributed by atoms with Crippen molar-refractivity contribution in [1.82, 2.24) is 14.5 Å². The van der Waals surface area contributed by atoms with Crippen LogP contribution >= 0.6 is 0 Å². The number of fused-ring (bicyclic) bond motifs is 13. The molecule has 0 atom stereocenters. The highest BCUT2D eigenvalue weighted by Crippen LogP contribution is 2.43. The van der Waals surface area contributed by atoms with E-state index in [0.29, 0.717) is 5.82 Å². The first kappa shape index (κ1) is 30.9. The van der Waals surface area contributed by atoms with Gasteiger partial charge < -0.3 is 8.98 Å². The van der Waals surface area contributed by atoms with Gasteiger partial charge in [-0.15, -0.1) is 0 Å². The molecule has 4 heteroatoms. The molecule has 9 aromatic carbocycles. The summed E-state index contributed by atoms with van der Waals surface area (Å²) in [5, 5.41) is 11.8. The summed E-state index contributed by atoms with van der Waals surface area (Å²) in [6.07, 6.45) is 0. The fourth-order valence-electron chi connectivity index (χ4n) is 8.87. The Labute approximate surface area is 321 Å². The molecule has 0 spiro atoms. The Morgan fingerprint density at radius 3 is 1.66 bits per heavy atom. The molecule has 0 amide bonds.